The molecule has 0 N–H and O–H groups in total. The van der Waals surface area contributed by atoms with Gasteiger partial charge < -0.3 is 4.90 Å². The fourth-order valence-electron chi connectivity index (χ4n) is 3.52. The highest BCUT2D eigenvalue weighted by atomic mass is 16.6. The summed E-state index contributed by atoms with van der Waals surface area (Å²) in [6.45, 7) is 0. The highest BCUT2D eigenvalue weighted by Crippen LogP contribution is 2.45. The molecule has 28 heavy (non-hydrogen) atoms. The van der Waals surface area contributed by atoms with Crippen LogP contribution >= 0.6 is 0 Å². The minimum atomic E-state index is -0.344. The number of fused-ring (bicyclic) bond motifs is 3. The van der Waals surface area contributed by atoms with Crippen LogP contribution in [-0.2, 0) is 0 Å². The Labute approximate surface area is 164 Å². The molecule has 1 aliphatic carbocycles. The molecular weight excluding hydrogens is 348 g/mol. The summed E-state index contributed by atoms with van der Waals surface area (Å²) in [5.74, 6) is 0. The van der Waals surface area contributed by atoms with Gasteiger partial charge in [0.05, 0.1) is 4.92 Å². The van der Waals surface area contributed by atoms with Crippen molar-refractivity contribution in [3.63, 3.8) is 0 Å². The summed E-state index contributed by atoms with van der Waals surface area (Å²) in [5, 5.41) is 11.2. The SMILES string of the molecule is CN(C)c1ccc(/C=C/C=C2/c3ccccc3-c3ccc([N+](=O)[O-])cc32)cc1. The topological polar surface area (TPSA) is 46.4 Å². The average molecular weight is 368 g/mol. The highest BCUT2D eigenvalue weighted by molar-refractivity contribution is 6.02. The van der Waals surface area contributed by atoms with Crippen LogP contribution in [0.5, 0.6) is 0 Å². The van der Waals surface area contributed by atoms with E-state index in [0.717, 1.165) is 39.1 Å². The van der Waals surface area contributed by atoms with Crippen molar-refractivity contribution in [1.29, 1.82) is 0 Å². The molecule has 4 rings (SSSR count). The predicted molar refractivity (Wildman–Crippen MR) is 115 cm³/mol. The van der Waals surface area contributed by atoms with E-state index in [2.05, 4.69) is 41.3 Å². The van der Waals surface area contributed by atoms with E-state index in [0.29, 0.717) is 0 Å². The molecule has 138 valence electrons. The summed E-state index contributed by atoms with van der Waals surface area (Å²) >= 11 is 0. The molecule has 3 aromatic carbocycles. The molecule has 0 unspecified atom stereocenters. The molecule has 0 fully saturated rings. The minimum Gasteiger partial charge on any atom is -0.378 e. The maximum atomic E-state index is 11.2. The fourth-order valence-corrected chi connectivity index (χ4v) is 3.52. The van der Waals surface area contributed by atoms with Crippen LogP contribution < -0.4 is 4.90 Å². The first-order valence-corrected chi connectivity index (χ1v) is 9.09. The predicted octanol–water partition coefficient (Wildman–Crippen LogP) is 5.79. The van der Waals surface area contributed by atoms with Gasteiger partial charge in [-0.05, 0) is 51.6 Å². The smallest absolute Gasteiger partial charge is 0.270 e. The number of non-ortho nitro benzene ring substituents is 1. The molecule has 0 saturated heterocycles. The third kappa shape index (κ3) is 3.21. The maximum Gasteiger partial charge on any atom is 0.270 e. The van der Waals surface area contributed by atoms with Crippen LogP contribution in [0.25, 0.3) is 22.8 Å². The van der Waals surface area contributed by atoms with E-state index in [1.165, 1.54) is 0 Å². The van der Waals surface area contributed by atoms with Gasteiger partial charge in [0.25, 0.3) is 5.69 Å². The molecule has 0 aromatic heterocycles. The first-order chi connectivity index (χ1) is 13.5. The van der Waals surface area contributed by atoms with E-state index in [-0.39, 0.29) is 10.6 Å². The molecule has 3 aromatic rings. The summed E-state index contributed by atoms with van der Waals surface area (Å²) < 4.78 is 0. The standard InChI is InChI=1S/C24H20N2O2/c1-25(2)18-12-10-17(11-13-18)6-5-9-22-20-7-3-4-8-21(20)23-15-14-19(26(27)28)16-24(22)23/h3-16H,1-2H3/b6-5+,22-9-. The lowest BCUT2D eigenvalue weighted by Crippen LogP contribution is -2.07. The lowest BCUT2D eigenvalue weighted by atomic mass is 10.0. The zero-order valence-corrected chi connectivity index (χ0v) is 15.8. The van der Waals surface area contributed by atoms with Gasteiger partial charge in [-0.25, -0.2) is 0 Å². The van der Waals surface area contributed by atoms with Gasteiger partial charge in [-0.3, -0.25) is 10.1 Å². The Bertz CT molecular complexity index is 1110. The summed E-state index contributed by atoms with van der Waals surface area (Å²) in [5.41, 5.74) is 7.54. The first-order valence-electron chi connectivity index (χ1n) is 9.09. The zero-order chi connectivity index (χ0) is 19.7. The van der Waals surface area contributed by atoms with Gasteiger partial charge in [-0.15, -0.1) is 0 Å². The number of rotatable bonds is 4. The molecular formula is C24H20N2O2. The van der Waals surface area contributed by atoms with Crippen molar-refractivity contribution in [2.75, 3.05) is 19.0 Å². The van der Waals surface area contributed by atoms with Crippen molar-refractivity contribution < 1.29 is 4.92 Å². The third-order valence-corrected chi connectivity index (χ3v) is 4.97. The maximum absolute atomic E-state index is 11.2. The Morgan fingerprint density at radius 2 is 1.54 bits per heavy atom. The molecule has 0 heterocycles. The second-order valence-corrected chi connectivity index (χ2v) is 6.96. The molecule has 0 amide bonds. The largest absolute Gasteiger partial charge is 0.378 e. The molecule has 0 aliphatic heterocycles. The number of nitro groups is 1. The van der Waals surface area contributed by atoms with E-state index in [4.69, 9.17) is 0 Å². The van der Waals surface area contributed by atoms with Crippen molar-refractivity contribution in [3.8, 4) is 11.1 Å². The number of hydrogen-bond acceptors (Lipinski definition) is 3. The summed E-state index contributed by atoms with van der Waals surface area (Å²) in [4.78, 5) is 12.9. The Morgan fingerprint density at radius 1 is 0.857 bits per heavy atom. The molecule has 0 atom stereocenters. The van der Waals surface area contributed by atoms with Gasteiger partial charge >= 0.3 is 0 Å². The second kappa shape index (κ2) is 7.16. The van der Waals surface area contributed by atoms with Gasteiger partial charge in [-0.1, -0.05) is 54.6 Å². The van der Waals surface area contributed by atoms with Crippen LogP contribution in [0, 0.1) is 10.1 Å². The highest BCUT2D eigenvalue weighted by Gasteiger charge is 2.24. The average Bonchev–Trinajstić information content (AvgIpc) is 3.02. The Morgan fingerprint density at radius 3 is 2.21 bits per heavy atom. The molecule has 4 heteroatoms. The van der Waals surface area contributed by atoms with Crippen molar-refractivity contribution in [3.05, 3.63) is 106 Å². The van der Waals surface area contributed by atoms with Crippen LogP contribution in [0.3, 0.4) is 0 Å². The number of nitro benzene ring substituents is 1. The van der Waals surface area contributed by atoms with Crippen molar-refractivity contribution in [1.82, 2.24) is 0 Å². The van der Waals surface area contributed by atoms with Crippen LogP contribution in [0.1, 0.15) is 16.7 Å². The van der Waals surface area contributed by atoms with Gasteiger partial charge in [0.15, 0.2) is 0 Å². The number of allylic oxidation sites excluding steroid dienone is 2. The van der Waals surface area contributed by atoms with Gasteiger partial charge in [0, 0.05) is 31.9 Å². The molecule has 0 saturated carbocycles. The minimum absolute atomic E-state index is 0.112. The summed E-state index contributed by atoms with van der Waals surface area (Å²) in [6.07, 6.45) is 6.09. The van der Waals surface area contributed by atoms with E-state index in [1.54, 1.807) is 12.1 Å². The number of hydrogen-bond donors (Lipinski definition) is 0. The van der Waals surface area contributed by atoms with Gasteiger partial charge in [0.1, 0.15) is 0 Å². The fraction of sp³-hybridized carbons (Fsp3) is 0.0833. The van der Waals surface area contributed by atoms with Crippen LogP contribution in [0.15, 0.2) is 78.9 Å². The first kappa shape index (κ1) is 17.7. The molecule has 4 nitrogen and oxygen atoms in total. The quantitative estimate of drug-likeness (QED) is 0.338. The molecule has 0 spiro atoms. The Hall–Kier alpha value is -3.66. The van der Waals surface area contributed by atoms with Crippen molar-refractivity contribution in [2.45, 2.75) is 0 Å². The normalized spacial score (nSPS) is 13.6. The Kier molecular flexibility index (Phi) is 4.53. The van der Waals surface area contributed by atoms with Crippen LogP contribution in [0.4, 0.5) is 11.4 Å². The lowest BCUT2D eigenvalue weighted by molar-refractivity contribution is -0.384. The van der Waals surface area contributed by atoms with Crippen LogP contribution in [-0.4, -0.2) is 19.0 Å². The van der Waals surface area contributed by atoms with E-state index >= 15 is 0 Å². The van der Waals surface area contributed by atoms with Crippen molar-refractivity contribution >= 4 is 23.0 Å². The third-order valence-electron chi connectivity index (χ3n) is 4.97. The van der Waals surface area contributed by atoms with Crippen molar-refractivity contribution in [2.24, 2.45) is 0 Å². The molecule has 1 aliphatic rings. The Balaban J connectivity index is 1.72. The van der Waals surface area contributed by atoms with E-state index in [1.807, 2.05) is 50.5 Å². The van der Waals surface area contributed by atoms with Gasteiger partial charge in [0.2, 0.25) is 0 Å². The number of benzene rings is 3. The monoisotopic (exact) mass is 368 g/mol. The molecule has 0 radical (unpaired) electrons. The number of anilines is 1. The lowest BCUT2D eigenvalue weighted by Gasteiger charge is -2.11. The summed E-state index contributed by atoms with van der Waals surface area (Å²) in [7, 11) is 4.03. The van der Waals surface area contributed by atoms with Gasteiger partial charge in [-0.2, -0.15) is 0 Å². The zero-order valence-electron chi connectivity index (χ0n) is 15.8. The molecule has 0 bridgehead atoms. The van der Waals surface area contributed by atoms with E-state index < -0.39 is 0 Å². The second-order valence-electron chi connectivity index (χ2n) is 6.96. The van der Waals surface area contributed by atoms with Crippen LogP contribution in [0.2, 0.25) is 0 Å². The van der Waals surface area contributed by atoms with E-state index in [9.17, 15) is 10.1 Å². The summed E-state index contributed by atoms with van der Waals surface area (Å²) in [6, 6.07) is 21.5. The number of nitrogens with zero attached hydrogens (tertiary/aromatic N) is 2.